The molecular formula is C16H16O4. The van der Waals surface area contributed by atoms with E-state index in [1.54, 1.807) is 19.1 Å². The van der Waals surface area contributed by atoms with Gasteiger partial charge in [0.15, 0.2) is 5.78 Å². The molecule has 1 unspecified atom stereocenters. The standard InChI is InChI=1S/C16H16O4/c1-2-20-15(18)10-14(17)16(19)13-9-5-7-11-6-3-4-8-12(11)13/h3-9,14,17H,2,10H2,1H3. The van der Waals surface area contributed by atoms with Gasteiger partial charge in [0.1, 0.15) is 6.10 Å². The van der Waals surface area contributed by atoms with E-state index < -0.39 is 17.9 Å². The summed E-state index contributed by atoms with van der Waals surface area (Å²) in [5, 5.41) is 11.6. The van der Waals surface area contributed by atoms with Crippen LogP contribution in [0.1, 0.15) is 23.7 Å². The van der Waals surface area contributed by atoms with Crippen LogP contribution < -0.4 is 0 Å². The normalized spacial score (nSPS) is 12.1. The predicted molar refractivity (Wildman–Crippen MR) is 75.5 cm³/mol. The molecule has 2 rings (SSSR count). The molecule has 0 aromatic heterocycles. The maximum Gasteiger partial charge on any atom is 0.308 e. The number of carbonyl (C=O) groups excluding carboxylic acids is 2. The molecule has 0 saturated heterocycles. The Balaban J connectivity index is 2.25. The monoisotopic (exact) mass is 272 g/mol. The molecule has 2 aromatic rings. The second kappa shape index (κ2) is 6.30. The minimum Gasteiger partial charge on any atom is -0.466 e. The second-order valence-electron chi connectivity index (χ2n) is 4.42. The van der Waals surface area contributed by atoms with Gasteiger partial charge in [-0.3, -0.25) is 9.59 Å². The largest absolute Gasteiger partial charge is 0.466 e. The maximum atomic E-state index is 12.2. The Hall–Kier alpha value is -2.20. The summed E-state index contributed by atoms with van der Waals surface area (Å²) in [5.41, 5.74) is 0.417. The fraction of sp³-hybridized carbons (Fsp3) is 0.250. The number of ketones is 1. The topological polar surface area (TPSA) is 63.6 Å². The molecule has 0 amide bonds. The summed E-state index contributed by atoms with van der Waals surface area (Å²) in [6.07, 6.45) is -1.70. The number of hydrogen-bond donors (Lipinski definition) is 1. The summed E-state index contributed by atoms with van der Waals surface area (Å²) in [6.45, 7) is 1.91. The molecule has 2 aromatic carbocycles. The summed E-state index contributed by atoms with van der Waals surface area (Å²) >= 11 is 0. The molecule has 1 atom stereocenters. The third-order valence-electron chi connectivity index (χ3n) is 3.02. The van der Waals surface area contributed by atoms with Crippen LogP contribution in [0.4, 0.5) is 0 Å². The summed E-state index contributed by atoms with van der Waals surface area (Å²) in [5.74, 6) is -1.04. The van der Waals surface area contributed by atoms with Crippen molar-refractivity contribution in [3.05, 3.63) is 48.0 Å². The van der Waals surface area contributed by atoms with E-state index in [0.29, 0.717) is 5.56 Å². The van der Waals surface area contributed by atoms with Crippen molar-refractivity contribution in [1.29, 1.82) is 0 Å². The SMILES string of the molecule is CCOC(=O)CC(O)C(=O)c1cccc2ccccc12. The van der Waals surface area contributed by atoms with Crippen molar-refractivity contribution >= 4 is 22.5 Å². The number of esters is 1. The third-order valence-corrected chi connectivity index (χ3v) is 3.02. The Morgan fingerprint density at radius 2 is 1.85 bits per heavy atom. The quantitative estimate of drug-likeness (QED) is 0.670. The average molecular weight is 272 g/mol. The van der Waals surface area contributed by atoms with E-state index in [0.717, 1.165) is 10.8 Å². The summed E-state index contributed by atoms with van der Waals surface area (Å²) in [7, 11) is 0. The Morgan fingerprint density at radius 1 is 1.15 bits per heavy atom. The fourth-order valence-electron chi connectivity index (χ4n) is 2.09. The highest BCUT2D eigenvalue weighted by Crippen LogP contribution is 2.20. The number of hydrogen-bond acceptors (Lipinski definition) is 4. The van der Waals surface area contributed by atoms with Gasteiger partial charge < -0.3 is 9.84 Å². The van der Waals surface area contributed by atoms with Crippen molar-refractivity contribution in [2.24, 2.45) is 0 Å². The number of aliphatic hydroxyl groups excluding tert-OH is 1. The van der Waals surface area contributed by atoms with E-state index in [1.807, 2.05) is 30.3 Å². The van der Waals surface area contributed by atoms with Crippen LogP contribution in [-0.2, 0) is 9.53 Å². The predicted octanol–water partition coefficient (Wildman–Crippen LogP) is 2.34. The summed E-state index contributed by atoms with van der Waals surface area (Å²) < 4.78 is 4.73. The summed E-state index contributed by atoms with van der Waals surface area (Å²) in [4.78, 5) is 23.6. The zero-order valence-corrected chi connectivity index (χ0v) is 11.2. The first-order valence-corrected chi connectivity index (χ1v) is 6.49. The van der Waals surface area contributed by atoms with Crippen LogP contribution in [0.25, 0.3) is 10.8 Å². The number of ether oxygens (including phenoxy) is 1. The molecule has 0 bridgehead atoms. The average Bonchev–Trinajstić information content (AvgIpc) is 2.46. The third kappa shape index (κ3) is 3.03. The zero-order valence-electron chi connectivity index (χ0n) is 11.2. The van der Waals surface area contributed by atoms with Crippen LogP contribution in [0.3, 0.4) is 0 Å². The highest BCUT2D eigenvalue weighted by atomic mass is 16.5. The molecule has 0 aliphatic rings. The molecule has 0 saturated carbocycles. The van der Waals surface area contributed by atoms with Gasteiger partial charge in [-0.15, -0.1) is 0 Å². The van der Waals surface area contributed by atoms with Crippen LogP contribution in [0.2, 0.25) is 0 Å². The smallest absolute Gasteiger partial charge is 0.308 e. The lowest BCUT2D eigenvalue weighted by Gasteiger charge is -2.11. The molecule has 20 heavy (non-hydrogen) atoms. The van der Waals surface area contributed by atoms with Crippen molar-refractivity contribution in [3.63, 3.8) is 0 Å². The van der Waals surface area contributed by atoms with Crippen LogP contribution in [0.15, 0.2) is 42.5 Å². The number of Topliss-reactive ketones (excluding diaryl/α,β-unsaturated/α-hetero) is 1. The lowest BCUT2D eigenvalue weighted by Crippen LogP contribution is -2.25. The fourth-order valence-corrected chi connectivity index (χ4v) is 2.09. The number of fused-ring (bicyclic) bond motifs is 1. The van der Waals surface area contributed by atoms with E-state index in [9.17, 15) is 14.7 Å². The van der Waals surface area contributed by atoms with Crippen LogP contribution >= 0.6 is 0 Å². The summed E-state index contributed by atoms with van der Waals surface area (Å²) in [6, 6.07) is 12.7. The van der Waals surface area contributed by atoms with Gasteiger partial charge in [0.05, 0.1) is 13.0 Å². The van der Waals surface area contributed by atoms with Crippen molar-refractivity contribution < 1.29 is 19.4 Å². The molecule has 104 valence electrons. The molecular weight excluding hydrogens is 256 g/mol. The Kier molecular flexibility index (Phi) is 4.48. The maximum absolute atomic E-state index is 12.2. The first-order chi connectivity index (χ1) is 9.63. The van der Waals surface area contributed by atoms with E-state index in [2.05, 4.69) is 0 Å². The lowest BCUT2D eigenvalue weighted by atomic mass is 9.97. The molecule has 0 radical (unpaired) electrons. The van der Waals surface area contributed by atoms with Crippen molar-refractivity contribution in [3.8, 4) is 0 Å². The highest BCUT2D eigenvalue weighted by molar-refractivity contribution is 6.10. The number of rotatable bonds is 5. The molecule has 0 fully saturated rings. The molecule has 1 N–H and O–H groups in total. The molecule has 0 aliphatic heterocycles. The lowest BCUT2D eigenvalue weighted by molar-refractivity contribution is -0.144. The van der Waals surface area contributed by atoms with Crippen molar-refractivity contribution in [2.75, 3.05) is 6.61 Å². The Bertz CT molecular complexity index is 628. The van der Waals surface area contributed by atoms with E-state index >= 15 is 0 Å². The van der Waals surface area contributed by atoms with E-state index in [-0.39, 0.29) is 13.0 Å². The second-order valence-corrected chi connectivity index (χ2v) is 4.42. The molecule has 0 spiro atoms. The van der Waals surface area contributed by atoms with Gasteiger partial charge in [-0.1, -0.05) is 42.5 Å². The van der Waals surface area contributed by atoms with Crippen LogP contribution in [0, 0.1) is 0 Å². The minimum absolute atomic E-state index is 0.230. The Labute approximate surface area is 117 Å². The van der Waals surface area contributed by atoms with Crippen LogP contribution in [0.5, 0.6) is 0 Å². The van der Waals surface area contributed by atoms with Gasteiger partial charge in [0.25, 0.3) is 0 Å². The van der Waals surface area contributed by atoms with E-state index in [4.69, 9.17) is 4.74 Å². The molecule has 4 heteroatoms. The van der Waals surface area contributed by atoms with Crippen molar-refractivity contribution in [2.45, 2.75) is 19.4 Å². The van der Waals surface area contributed by atoms with Gasteiger partial charge >= 0.3 is 5.97 Å². The Morgan fingerprint density at radius 3 is 2.60 bits per heavy atom. The molecule has 4 nitrogen and oxygen atoms in total. The van der Waals surface area contributed by atoms with Gasteiger partial charge in [-0.05, 0) is 17.7 Å². The highest BCUT2D eigenvalue weighted by Gasteiger charge is 2.22. The molecule has 0 aliphatic carbocycles. The van der Waals surface area contributed by atoms with Gasteiger partial charge in [-0.25, -0.2) is 0 Å². The minimum atomic E-state index is -1.38. The van der Waals surface area contributed by atoms with Crippen molar-refractivity contribution in [1.82, 2.24) is 0 Å². The van der Waals surface area contributed by atoms with Gasteiger partial charge in [-0.2, -0.15) is 0 Å². The molecule has 0 heterocycles. The van der Waals surface area contributed by atoms with Gasteiger partial charge in [0.2, 0.25) is 0 Å². The number of carbonyl (C=O) groups is 2. The first kappa shape index (κ1) is 14.2. The number of aliphatic hydroxyl groups is 1. The van der Waals surface area contributed by atoms with Crippen LogP contribution in [-0.4, -0.2) is 29.6 Å². The zero-order chi connectivity index (χ0) is 14.5. The number of benzene rings is 2. The van der Waals surface area contributed by atoms with E-state index in [1.165, 1.54) is 0 Å². The van der Waals surface area contributed by atoms with Gasteiger partial charge in [0, 0.05) is 5.56 Å². The first-order valence-electron chi connectivity index (χ1n) is 6.49.